The highest BCUT2D eigenvalue weighted by atomic mass is 16.5. The number of carbonyl (C=O) groups is 2. The molecule has 3 N–H and O–H groups in total. The van der Waals surface area contributed by atoms with Gasteiger partial charge in [0.25, 0.3) is 5.56 Å². The van der Waals surface area contributed by atoms with Crippen LogP contribution in [0.4, 0.5) is 4.79 Å². The first-order valence-electron chi connectivity index (χ1n) is 7.79. The van der Waals surface area contributed by atoms with Crippen molar-refractivity contribution in [1.82, 2.24) is 15.6 Å². The molecule has 0 aliphatic carbocycles. The van der Waals surface area contributed by atoms with Gasteiger partial charge in [-0.1, -0.05) is 12.1 Å². The zero-order valence-electron chi connectivity index (χ0n) is 14.4. The third kappa shape index (κ3) is 4.94. The largest absolute Gasteiger partial charge is 0.465 e. The molecule has 0 unspecified atom stereocenters. The first-order chi connectivity index (χ1) is 11.9. The number of aromatic amines is 1. The van der Waals surface area contributed by atoms with E-state index in [0.717, 1.165) is 16.8 Å². The zero-order chi connectivity index (χ0) is 18.4. The monoisotopic (exact) mass is 343 g/mol. The van der Waals surface area contributed by atoms with Crippen molar-refractivity contribution >= 4 is 12.0 Å². The van der Waals surface area contributed by atoms with Gasteiger partial charge in [-0.15, -0.1) is 0 Å². The molecule has 0 saturated carbocycles. The van der Waals surface area contributed by atoms with Crippen LogP contribution in [-0.4, -0.2) is 24.1 Å². The summed E-state index contributed by atoms with van der Waals surface area (Å²) in [5.41, 5.74) is 3.24. The van der Waals surface area contributed by atoms with E-state index in [0.29, 0.717) is 17.7 Å². The average Bonchev–Trinajstić information content (AvgIpc) is 2.58. The first kappa shape index (κ1) is 18.3. The molecule has 1 heterocycles. The van der Waals surface area contributed by atoms with E-state index in [2.05, 4.69) is 20.4 Å². The predicted molar refractivity (Wildman–Crippen MR) is 93.4 cm³/mol. The van der Waals surface area contributed by atoms with Crippen molar-refractivity contribution in [1.29, 1.82) is 0 Å². The second-order valence-electron chi connectivity index (χ2n) is 5.67. The minimum atomic E-state index is -0.407. The van der Waals surface area contributed by atoms with Gasteiger partial charge in [0.15, 0.2) is 0 Å². The molecule has 0 atom stereocenters. The van der Waals surface area contributed by atoms with Crippen LogP contribution in [0, 0.1) is 13.8 Å². The summed E-state index contributed by atoms with van der Waals surface area (Å²) in [6.45, 7) is 4.09. The number of aryl methyl sites for hydroxylation is 2. The normalized spacial score (nSPS) is 10.2. The van der Waals surface area contributed by atoms with Crippen molar-refractivity contribution in [3.63, 3.8) is 0 Å². The summed E-state index contributed by atoms with van der Waals surface area (Å²) < 4.78 is 4.63. The Balaban J connectivity index is 1.87. The molecule has 25 heavy (non-hydrogen) atoms. The Morgan fingerprint density at radius 1 is 1.08 bits per heavy atom. The van der Waals surface area contributed by atoms with Crippen LogP contribution < -0.4 is 16.2 Å². The zero-order valence-corrected chi connectivity index (χ0v) is 14.4. The van der Waals surface area contributed by atoms with Gasteiger partial charge in [0.1, 0.15) is 0 Å². The second-order valence-corrected chi connectivity index (χ2v) is 5.67. The number of esters is 1. The van der Waals surface area contributed by atoms with Crippen LogP contribution in [0.25, 0.3) is 0 Å². The summed E-state index contributed by atoms with van der Waals surface area (Å²) in [5, 5.41) is 5.37. The molecule has 0 aliphatic rings. The van der Waals surface area contributed by atoms with Crippen LogP contribution in [0.2, 0.25) is 0 Å². The van der Waals surface area contributed by atoms with Gasteiger partial charge in [-0.25, -0.2) is 9.59 Å². The van der Waals surface area contributed by atoms with Crippen molar-refractivity contribution in [2.45, 2.75) is 26.9 Å². The Morgan fingerprint density at radius 2 is 1.72 bits per heavy atom. The Bertz CT molecular complexity index is 825. The van der Waals surface area contributed by atoms with Crippen molar-refractivity contribution in [3.05, 3.63) is 68.6 Å². The maximum absolute atomic E-state index is 11.9. The number of rotatable bonds is 5. The standard InChI is InChI=1S/C18H21N3O4/c1-11-8-12(2)21-16(22)15(11)10-20-18(24)19-9-13-4-6-14(7-5-13)17(23)25-3/h4-8H,9-10H2,1-3H3,(H,21,22)(H2,19,20,24). The average molecular weight is 343 g/mol. The van der Waals surface area contributed by atoms with Gasteiger partial charge in [-0.05, 0) is 43.2 Å². The maximum Gasteiger partial charge on any atom is 0.337 e. The van der Waals surface area contributed by atoms with Gasteiger partial charge in [-0.2, -0.15) is 0 Å². The number of hydrogen-bond donors (Lipinski definition) is 3. The number of methoxy groups -OCH3 is 1. The molecule has 132 valence electrons. The first-order valence-corrected chi connectivity index (χ1v) is 7.79. The van der Waals surface area contributed by atoms with Gasteiger partial charge >= 0.3 is 12.0 Å². The molecule has 2 amide bonds. The molecule has 2 rings (SSSR count). The van der Waals surface area contributed by atoms with E-state index in [1.807, 2.05) is 19.9 Å². The minimum Gasteiger partial charge on any atom is -0.465 e. The van der Waals surface area contributed by atoms with Gasteiger partial charge in [-0.3, -0.25) is 4.79 Å². The molecule has 0 saturated heterocycles. The molecule has 1 aromatic carbocycles. The van der Waals surface area contributed by atoms with Crippen molar-refractivity contribution in [2.75, 3.05) is 7.11 Å². The minimum absolute atomic E-state index is 0.147. The quantitative estimate of drug-likeness (QED) is 0.720. The van der Waals surface area contributed by atoms with E-state index in [9.17, 15) is 14.4 Å². The number of benzene rings is 1. The fourth-order valence-corrected chi connectivity index (χ4v) is 2.39. The summed E-state index contributed by atoms with van der Waals surface area (Å²) in [5.74, 6) is -0.407. The third-order valence-corrected chi connectivity index (χ3v) is 3.75. The topological polar surface area (TPSA) is 100 Å². The Morgan fingerprint density at radius 3 is 2.32 bits per heavy atom. The van der Waals surface area contributed by atoms with Crippen LogP contribution >= 0.6 is 0 Å². The van der Waals surface area contributed by atoms with E-state index in [1.54, 1.807) is 24.3 Å². The van der Waals surface area contributed by atoms with Gasteiger partial charge in [0.05, 0.1) is 19.2 Å². The smallest absolute Gasteiger partial charge is 0.337 e. The molecular weight excluding hydrogens is 322 g/mol. The predicted octanol–water partition coefficient (Wildman–Crippen LogP) is 1.78. The lowest BCUT2D eigenvalue weighted by molar-refractivity contribution is 0.0600. The second kappa shape index (κ2) is 8.14. The lowest BCUT2D eigenvalue weighted by Crippen LogP contribution is -2.36. The molecule has 0 fully saturated rings. The highest BCUT2D eigenvalue weighted by Gasteiger charge is 2.08. The maximum atomic E-state index is 11.9. The highest BCUT2D eigenvalue weighted by Crippen LogP contribution is 2.06. The lowest BCUT2D eigenvalue weighted by Gasteiger charge is -2.10. The van der Waals surface area contributed by atoms with Crippen molar-refractivity contribution in [3.8, 4) is 0 Å². The summed E-state index contributed by atoms with van der Waals surface area (Å²) in [4.78, 5) is 37.9. The third-order valence-electron chi connectivity index (χ3n) is 3.75. The molecule has 0 bridgehead atoms. The summed E-state index contributed by atoms with van der Waals surface area (Å²) >= 11 is 0. The number of carbonyl (C=O) groups excluding carboxylic acids is 2. The molecule has 7 heteroatoms. The van der Waals surface area contributed by atoms with E-state index in [1.165, 1.54) is 7.11 Å². The van der Waals surface area contributed by atoms with E-state index in [-0.39, 0.29) is 18.1 Å². The number of H-pyrrole nitrogens is 1. The summed E-state index contributed by atoms with van der Waals surface area (Å²) in [6, 6.07) is 8.23. The van der Waals surface area contributed by atoms with E-state index < -0.39 is 5.97 Å². The Hall–Kier alpha value is -3.09. The lowest BCUT2D eigenvalue weighted by atomic mass is 10.1. The van der Waals surface area contributed by atoms with Crippen molar-refractivity contribution < 1.29 is 14.3 Å². The van der Waals surface area contributed by atoms with Crippen LogP contribution in [0.5, 0.6) is 0 Å². The molecule has 0 spiro atoms. The summed E-state index contributed by atoms with van der Waals surface area (Å²) in [7, 11) is 1.32. The van der Waals surface area contributed by atoms with Crippen LogP contribution in [0.3, 0.4) is 0 Å². The van der Waals surface area contributed by atoms with Gasteiger partial charge in [0.2, 0.25) is 0 Å². The molecule has 0 aliphatic heterocycles. The van der Waals surface area contributed by atoms with Crippen LogP contribution in [0.1, 0.15) is 32.7 Å². The molecule has 0 radical (unpaired) electrons. The number of urea groups is 1. The van der Waals surface area contributed by atoms with Crippen LogP contribution in [-0.2, 0) is 17.8 Å². The Kier molecular flexibility index (Phi) is 5.94. The van der Waals surface area contributed by atoms with E-state index >= 15 is 0 Å². The number of aromatic nitrogens is 1. The Labute approximate surface area is 145 Å². The number of amides is 2. The fourth-order valence-electron chi connectivity index (χ4n) is 2.39. The summed E-state index contributed by atoms with van der Waals surface area (Å²) in [6.07, 6.45) is 0. The number of nitrogens with one attached hydrogen (secondary N) is 3. The molecule has 7 nitrogen and oxygen atoms in total. The van der Waals surface area contributed by atoms with Crippen LogP contribution in [0.15, 0.2) is 35.1 Å². The van der Waals surface area contributed by atoms with E-state index in [4.69, 9.17) is 0 Å². The molecule has 1 aromatic heterocycles. The van der Waals surface area contributed by atoms with Gasteiger partial charge < -0.3 is 20.4 Å². The highest BCUT2D eigenvalue weighted by molar-refractivity contribution is 5.89. The molecular formula is C18H21N3O4. The van der Waals surface area contributed by atoms with Crippen molar-refractivity contribution in [2.24, 2.45) is 0 Å². The number of hydrogen-bond acceptors (Lipinski definition) is 4. The number of ether oxygens (including phenoxy) is 1. The molecule has 2 aromatic rings. The number of pyridine rings is 1. The fraction of sp³-hybridized carbons (Fsp3) is 0.278. The SMILES string of the molecule is COC(=O)c1ccc(CNC(=O)NCc2c(C)cc(C)[nH]c2=O)cc1. The van der Waals surface area contributed by atoms with Gasteiger partial charge in [0, 0.05) is 17.8 Å².